The summed E-state index contributed by atoms with van der Waals surface area (Å²) in [6.45, 7) is 2.89. The lowest BCUT2D eigenvalue weighted by molar-refractivity contribution is -0.0373. The fourth-order valence-corrected chi connectivity index (χ4v) is 2.45. The van der Waals surface area contributed by atoms with E-state index in [1.54, 1.807) is 12.1 Å². The molecule has 1 rings (SSSR count). The molecule has 0 saturated carbocycles. The van der Waals surface area contributed by atoms with Crippen molar-refractivity contribution in [1.82, 2.24) is 5.32 Å². The number of benzene rings is 1. The number of unbranched alkanes of at least 4 members (excludes halogenated alkanes) is 5. The number of hydrogen-bond donors (Lipinski definition) is 4. The van der Waals surface area contributed by atoms with E-state index in [4.69, 9.17) is 10.2 Å². The van der Waals surface area contributed by atoms with Crippen molar-refractivity contribution in [3.63, 3.8) is 0 Å². The van der Waals surface area contributed by atoms with Gasteiger partial charge in [-0.1, -0.05) is 45.1 Å². The fourth-order valence-electron chi connectivity index (χ4n) is 2.45. The molecular formula is C17H29NO3. The summed E-state index contributed by atoms with van der Waals surface area (Å²) in [4.78, 5) is 0. The van der Waals surface area contributed by atoms with Crippen molar-refractivity contribution in [2.75, 3.05) is 6.54 Å². The molecule has 0 aromatic heterocycles. The Bertz CT molecular complexity index is 394. The zero-order valence-corrected chi connectivity index (χ0v) is 13.0. The number of aryl methyl sites for hydroxylation is 1. The Morgan fingerprint density at radius 1 is 1.00 bits per heavy atom. The van der Waals surface area contributed by atoms with Crippen LogP contribution in [0.15, 0.2) is 18.2 Å². The van der Waals surface area contributed by atoms with Gasteiger partial charge in [-0.2, -0.15) is 0 Å². The van der Waals surface area contributed by atoms with E-state index in [-0.39, 0.29) is 12.3 Å². The Labute approximate surface area is 127 Å². The van der Waals surface area contributed by atoms with Gasteiger partial charge < -0.3 is 20.6 Å². The van der Waals surface area contributed by atoms with E-state index in [0.717, 1.165) is 18.4 Å². The Hall–Kier alpha value is -1.10. The van der Waals surface area contributed by atoms with E-state index in [1.807, 2.05) is 6.07 Å². The molecule has 0 spiro atoms. The maximum Gasteiger partial charge on any atom is 0.164 e. The molecular weight excluding hydrogens is 266 g/mol. The van der Waals surface area contributed by atoms with Crippen molar-refractivity contribution >= 4 is 0 Å². The molecule has 0 aliphatic rings. The molecule has 120 valence electrons. The minimum atomic E-state index is -1.34. The van der Waals surface area contributed by atoms with Gasteiger partial charge >= 0.3 is 0 Å². The topological polar surface area (TPSA) is 72.7 Å². The molecule has 0 unspecified atom stereocenters. The number of nitrogens with one attached hydrogen (secondary N) is 1. The Morgan fingerprint density at radius 2 is 1.71 bits per heavy atom. The van der Waals surface area contributed by atoms with Crippen LogP contribution in [0, 0.1) is 0 Å². The summed E-state index contributed by atoms with van der Waals surface area (Å²) >= 11 is 0. The van der Waals surface area contributed by atoms with Gasteiger partial charge in [0.25, 0.3) is 0 Å². The molecule has 0 heterocycles. The van der Waals surface area contributed by atoms with E-state index in [1.165, 1.54) is 37.7 Å². The first kappa shape index (κ1) is 18.0. The molecule has 0 atom stereocenters. The zero-order chi connectivity index (χ0) is 15.5. The van der Waals surface area contributed by atoms with Crippen molar-refractivity contribution in [1.29, 1.82) is 0 Å². The third-order valence-corrected chi connectivity index (χ3v) is 3.63. The zero-order valence-electron chi connectivity index (χ0n) is 13.0. The second-order valence-corrected chi connectivity index (χ2v) is 5.58. The predicted molar refractivity (Wildman–Crippen MR) is 85.1 cm³/mol. The highest BCUT2D eigenvalue weighted by Crippen LogP contribution is 2.19. The van der Waals surface area contributed by atoms with E-state index < -0.39 is 6.29 Å². The van der Waals surface area contributed by atoms with Crippen molar-refractivity contribution in [2.24, 2.45) is 0 Å². The highest BCUT2D eigenvalue weighted by atomic mass is 16.5. The SMILES string of the molecule is CCCCCCCCc1ccc(O)cc1CNCC(O)O. The quantitative estimate of drug-likeness (QED) is 0.374. The van der Waals surface area contributed by atoms with Crippen LogP contribution in [0.5, 0.6) is 5.75 Å². The lowest BCUT2D eigenvalue weighted by atomic mass is 10.00. The normalized spacial score (nSPS) is 11.2. The van der Waals surface area contributed by atoms with Crippen LogP contribution in [0.25, 0.3) is 0 Å². The average Bonchev–Trinajstić information content (AvgIpc) is 2.44. The molecule has 0 aliphatic carbocycles. The molecule has 0 radical (unpaired) electrons. The lowest BCUT2D eigenvalue weighted by Gasteiger charge is -2.12. The van der Waals surface area contributed by atoms with Crippen molar-refractivity contribution in [3.05, 3.63) is 29.3 Å². The number of aliphatic hydroxyl groups excluding tert-OH is 1. The van der Waals surface area contributed by atoms with Crippen molar-refractivity contribution in [2.45, 2.75) is 64.7 Å². The monoisotopic (exact) mass is 295 g/mol. The summed E-state index contributed by atoms with van der Waals surface area (Å²) in [5.74, 6) is 0.253. The summed E-state index contributed by atoms with van der Waals surface area (Å²) in [6, 6.07) is 5.44. The third kappa shape index (κ3) is 8.05. The molecule has 21 heavy (non-hydrogen) atoms. The maximum absolute atomic E-state index is 9.59. The minimum absolute atomic E-state index is 0.131. The molecule has 1 aromatic rings. The summed E-state index contributed by atoms with van der Waals surface area (Å²) in [7, 11) is 0. The van der Waals surface area contributed by atoms with Gasteiger partial charge in [0.2, 0.25) is 0 Å². The van der Waals surface area contributed by atoms with E-state index >= 15 is 0 Å². The highest BCUT2D eigenvalue weighted by Gasteiger charge is 2.05. The van der Waals surface area contributed by atoms with E-state index in [2.05, 4.69) is 12.2 Å². The van der Waals surface area contributed by atoms with Crippen LogP contribution in [0.1, 0.15) is 56.6 Å². The van der Waals surface area contributed by atoms with Gasteiger partial charge in [0.1, 0.15) is 5.75 Å². The van der Waals surface area contributed by atoms with Gasteiger partial charge in [-0.3, -0.25) is 0 Å². The molecule has 4 N–H and O–H groups in total. The first-order valence-corrected chi connectivity index (χ1v) is 8.01. The van der Waals surface area contributed by atoms with Crippen LogP contribution in [-0.4, -0.2) is 28.2 Å². The summed E-state index contributed by atoms with van der Waals surface area (Å²) in [5, 5.41) is 30.2. The molecule has 0 fully saturated rings. The Morgan fingerprint density at radius 3 is 2.43 bits per heavy atom. The highest BCUT2D eigenvalue weighted by molar-refractivity contribution is 5.35. The van der Waals surface area contributed by atoms with Crippen molar-refractivity contribution < 1.29 is 15.3 Å². The first-order valence-electron chi connectivity index (χ1n) is 8.01. The molecule has 0 saturated heterocycles. The van der Waals surface area contributed by atoms with E-state index in [9.17, 15) is 5.11 Å². The predicted octanol–water partition coefficient (Wildman–Crippen LogP) is 2.70. The Kier molecular flexibility index (Phi) is 9.06. The van der Waals surface area contributed by atoms with Crippen LogP contribution in [0.4, 0.5) is 0 Å². The van der Waals surface area contributed by atoms with Crippen LogP contribution in [0.3, 0.4) is 0 Å². The summed E-state index contributed by atoms with van der Waals surface area (Å²) < 4.78 is 0. The van der Waals surface area contributed by atoms with Crippen molar-refractivity contribution in [3.8, 4) is 5.75 Å². The summed E-state index contributed by atoms with van der Waals surface area (Å²) in [6.07, 6.45) is 7.25. The molecule has 4 heteroatoms. The van der Waals surface area contributed by atoms with Crippen LogP contribution >= 0.6 is 0 Å². The number of phenols is 1. The number of aliphatic hydroxyl groups is 2. The van der Waals surface area contributed by atoms with Gasteiger partial charge in [0.15, 0.2) is 6.29 Å². The van der Waals surface area contributed by atoms with Crippen LogP contribution in [0.2, 0.25) is 0 Å². The smallest absolute Gasteiger partial charge is 0.164 e. The largest absolute Gasteiger partial charge is 0.508 e. The van der Waals surface area contributed by atoms with Gasteiger partial charge in [0.05, 0.1) is 0 Å². The van der Waals surface area contributed by atoms with Gasteiger partial charge in [0, 0.05) is 13.1 Å². The van der Waals surface area contributed by atoms with Crippen LogP contribution in [-0.2, 0) is 13.0 Å². The molecule has 1 aromatic carbocycles. The minimum Gasteiger partial charge on any atom is -0.508 e. The number of rotatable bonds is 11. The fraction of sp³-hybridized carbons (Fsp3) is 0.647. The lowest BCUT2D eigenvalue weighted by Crippen LogP contribution is -2.26. The molecule has 0 bridgehead atoms. The standard InChI is InChI=1S/C17H29NO3/c1-2-3-4-5-6-7-8-14-9-10-16(19)11-15(14)12-18-13-17(20)21/h9-11,17-21H,2-8,12-13H2,1H3. The second-order valence-electron chi connectivity index (χ2n) is 5.58. The number of phenolic OH excluding ortho intramolecular Hbond substituents is 1. The molecule has 4 nitrogen and oxygen atoms in total. The van der Waals surface area contributed by atoms with Crippen LogP contribution < -0.4 is 5.32 Å². The second kappa shape index (κ2) is 10.6. The number of aromatic hydroxyl groups is 1. The molecule has 0 amide bonds. The van der Waals surface area contributed by atoms with Gasteiger partial charge in [-0.15, -0.1) is 0 Å². The molecule has 0 aliphatic heterocycles. The van der Waals surface area contributed by atoms with E-state index in [0.29, 0.717) is 6.54 Å². The average molecular weight is 295 g/mol. The maximum atomic E-state index is 9.59. The Balaban J connectivity index is 2.40. The van der Waals surface area contributed by atoms with Gasteiger partial charge in [-0.05, 0) is 36.1 Å². The number of hydrogen-bond acceptors (Lipinski definition) is 4. The summed E-state index contributed by atoms with van der Waals surface area (Å²) in [5.41, 5.74) is 2.26. The third-order valence-electron chi connectivity index (χ3n) is 3.63. The first-order chi connectivity index (χ1) is 10.1. The van der Waals surface area contributed by atoms with Gasteiger partial charge in [-0.25, -0.2) is 0 Å².